The van der Waals surface area contributed by atoms with E-state index in [9.17, 15) is 0 Å². The van der Waals surface area contributed by atoms with Crippen LogP contribution in [0, 0.1) is 49.4 Å². The maximum atomic E-state index is 5.24. The minimum atomic E-state index is 0.546. The molecular weight excluding hydrogens is 196 g/mol. The Balaban J connectivity index is 4.07. The number of hydrogen-bond acceptors (Lipinski definition) is 2. The van der Waals surface area contributed by atoms with Crippen molar-refractivity contribution in [2.75, 3.05) is 39.3 Å². The van der Waals surface area contributed by atoms with Crippen molar-refractivity contribution in [1.29, 1.82) is 0 Å². The fourth-order valence-corrected chi connectivity index (χ4v) is 1.23. The predicted octanol–water partition coefficient (Wildman–Crippen LogP) is 0.123. The Labute approximate surface area is 99.0 Å². The molecule has 0 aliphatic heterocycles. The van der Waals surface area contributed by atoms with Crippen molar-refractivity contribution >= 4 is 0 Å². The summed E-state index contributed by atoms with van der Waals surface area (Å²) in [6.45, 7) is 3.73. The van der Waals surface area contributed by atoms with E-state index in [1.165, 1.54) is 0 Å². The summed E-state index contributed by atoms with van der Waals surface area (Å²) in [6, 6.07) is 0. The average molecular weight is 212 g/mol. The zero-order valence-electron chi connectivity index (χ0n) is 9.45. The Kier molecular flexibility index (Phi) is 8.59. The highest BCUT2D eigenvalue weighted by Crippen LogP contribution is 1.91. The normalized spacial score (nSPS) is 9.12. The monoisotopic (exact) mass is 212 g/mol. The Morgan fingerprint density at radius 2 is 0.812 bits per heavy atom. The van der Waals surface area contributed by atoms with Crippen LogP contribution in [-0.2, 0) is 0 Å². The second-order valence-corrected chi connectivity index (χ2v) is 3.24. The van der Waals surface area contributed by atoms with Crippen molar-refractivity contribution in [3.63, 3.8) is 0 Å². The molecule has 0 saturated carbocycles. The summed E-state index contributed by atoms with van der Waals surface area (Å²) >= 11 is 0. The first-order chi connectivity index (χ1) is 7.78. The molecule has 0 aromatic rings. The first kappa shape index (κ1) is 14.2. The van der Waals surface area contributed by atoms with Gasteiger partial charge in [0.15, 0.2) is 0 Å². The molecule has 0 unspecified atom stereocenters. The van der Waals surface area contributed by atoms with Crippen LogP contribution in [0.3, 0.4) is 0 Å². The molecule has 0 bridgehead atoms. The topological polar surface area (TPSA) is 6.48 Å². The highest BCUT2D eigenvalue weighted by Gasteiger charge is 2.05. The van der Waals surface area contributed by atoms with Gasteiger partial charge < -0.3 is 0 Å². The van der Waals surface area contributed by atoms with Crippen molar-refractivity contribution in [1.82, 2.24) is 9.80 Å². The molecule has 0 aromatic heterocycles. The summed E-state index contributed by atoms with van der Waals surface area (Å²) < 4.78 is 0. The van der Waals surface area contributed by atoms with E-state index in [1.807, 2.05) is 9.80 Å². The first-order valence-corrected chi connectivity index (χ1v) is 4.97. The minimum absolute atomic E-state index is 0.546. The molecule has 0 heterocycles. The van der Waals surface area contributed by atoms with Gasteiger partial charge >= 0.3 is 0 Å². The van der Waals surface area contributed by atoms with Crippen molar-refractivity contribution in [2.24, 2.45) is 0 Å². The maximum absolute atomic E-state index is 5.24. The lowest BCUT2D eigenvalue weighted by atomic mass is 10.4. The van der Waals surface area contributed by atoms with Gasteiger partial charge in [-0.15, -0.1) is 25.7 Å². The predicted molar refractivity (Wildman–Crippen MR) is 68.2 cm³/mol. The molecule has 2 nitrogen and oxygen atoms in total. The molecule has 16 heavy (non-hydrogen) atoms. The standard InChI is InChI=1S/C14H16N2/c1-5-9-15(10-6-2)13-14-16(11-7-3)12-8-4/h1-4H,9-14H2. The molecule has 2 heteroatoms. The van der Waals surface area contributed by atoms with Crippen molar-refractivity contribution in [2.45, 2.75) is 0 Å². The molecule has 0 radical (unpaired) electrons. The second-order valence-electron chi connectivity index (χ2n) is 3.24. The quantitative estimate of drug-likeness (QED) is 0.553. The largest absolute Gasteiger partial charge is 0.280 e. The number of hydrogen-bond donors (Lipinski definition) is 0. The van der Waals surface area contributed by atoms with E-state index in [0.29, 0.717) is 26.2 Å². The van der Waals surface area contributed by atoms with Crippen LogP contribution in [0.1, 0.15) is 0 Å². The van der Waals surface area contributed by atoms with Gasteiger partial charge in [-0.3, -0.25) is 9.80 Å². The molecule has 0 aliphatic carbocycles. The molecular formula is C14H16N2. The van der Waals surface area contributed by atoms with Gasteiger partial charge in [-0.1, -0.05) is 23.7 Å². The minimum Gasteiger partial charge on any atom is -0.280 e. The Bertz CT molecular complexity index is 275. The molecule has 82 valence electrons. The van der Waals surface area contributed by atoms with Gasteiger partial charge in [0.2, 0.25) is 0 Å². The molecule has 0 fully saturated rings. The lowest BCUT2D eigenvalue weighted by Crippen LogP contribution is -2.36. The fraction of sp³-hybridized carbons (Fsp3) is 0.429. The fourth-order valence-electron chi connectivity index (χ4n) is 1.23. The van der Waals surface area contributed by atoms with E-state index >= 15 is 0 Å². The Morgan fingerprint density at radius 1 is 0.562 bits per heavy atom. The maximum Gasteiger partial charge on any atom is 0.0607 e. The summed E-state index contributed by atoms with van der Waals surface area (Å²) in [5.74, 6) is 10.3. The summed E-state index contributed by atoms with van der Waals surface area (Å²) in [5, 5.41) is 0. The van der Waals surface area contributed by atoms with Gasteiger partial charge in [-0.05, 0) is 0 Å². The second kappa shape index (κ2) is 9.71. The SMILES string of the molecule is C#CCN(CC#C)CCN(CC#C)CC#C. The van der Waals surface area contributed by atoms with Crippen LogP contribution in [0.2, 0.25) is 0 Å². The molecule has 0 rings (SSSR count). The van der Waals surface area contributed by atoms with Gasteiger partial charge in [0.1, 0.15) is 0 Å². The van der Waals surface area contributed by atoms with Crippen LogP contribution in [0.5, 0.6) is 0 Å². The van der Waals surface area contributed by atoms with Crippen molar-refractivity contribution in [3.8, 4) is 49.4 Å². The summed E-state index contributed by atoms with van der Waals surface area (Å²) in [4.78, 5) is 4.00. The molecule has 0 atom stereocenters. The summed E-state index contributed by atoms with van der Waals surface area (Å²) in [5.41, 5.74) is 0. The number of nitrogens with zero attached hydrogens (tertiary/aromatic N) is 2. The van der Waals surface area contributed by atoms with Crippen LogP contribution >= 0.6 is 0 Å². The van der Waals surface area contributed by atoms with Crippen molar-refractivity contribution in [3.05, 3.63) is 0 Å². The third-order valence-electron chi connectivity index (χ3n) is 1.99. The van der Waals surface area contributed by atoms with E-state index < -0.39 is 0 Å². The van der Waals surface area contributed by atoms with Gasteiger partial charge in [-0.25, -0.2) is 0 Å². The first-order valence-electron chi connectivity index (χ1n) is 4.97. The van der Waals surface area contributed by atoms with Gasteiger partial charge in [0, 0.05) is 13.1 Å². The molecule has 0 N–H and O–H groups in total. The highest BCUT2D eigenvalue weighted by atomic mass is 15.2. The molecule has 0 amide bonds. The number of terminal acetylenes is 4. The third kappa shape index (κ3) is 6.59. The Hall–Kier alpha value is -1.84. The molecule has 0 aromatic carbocycles. The molecule has 0 spiro atoms. The van der Waals surface area contributed by atoms with Crippen LogP contribution < -0.4 is 0 Å². The Morgan fingerprint density at radius 3 is 1.00 bits per heavy atom. The van der Waals surface area contributed by atoms with Crippen LogP contribution in [0.15, 0.2) is 0 Å². The van der Waals surface area contributed by atoms with Crippen molar-refractivity contribution < 1.29 is 0 Å². The summed E-state index contributed by atoms with van der Waals surface area (Å²) in [7, 11) is 0. The van der Waals surface area contributed by atoms with Crippen LogP contribution in [-0.4, -0.2) is 49.1 Å². The number of rotatable bonds is 7. The summed E-state index contributed by atoms with van der Waals surface area (Å²) in [6.07, 6.45) is 21.0. The van der Waals surface area contributed by atoms with E-state index in [2.05, 4.69) is 23.7 Å². The average Bonchev–Trinajstić information content (AvgIpc) is 2.27. The smallest absolute Gasteiger partial charge is 0.0607 e. The third-order valence-corrected chi connectivity index (χ3v) is 1.99. The van der Waals surface area contributed by atoms with Gasteiger partial charge in [0.05, 0.1) is 26.2 Å². The van der Waals surface area contributed by atoms with E-state index in [1.54, 1.807) is 0 Å². The van der Waals surface area contributed by atoms with E-state index in [-0.39, 0.29) is 0 Å². The highest BCUT2D eigenvalue weighted by molar-refractivity contribution is 4.97. The van der Waals surface area contributed by atoms with E-state index in [4.69, 9.17) is 25.7 Å². The van der Waals surface area contributed by atoms with Crippen LogP contribution in [0.25, 0.3) is 0 Å². The zero-order valence-corrected chi connectivity index (χ0v) is 9.45. The molecule has 0 saturated heterocycles. The zero-order chi connectivity index (χ0) is 12.2. The van der Waals surface area contributed by atoms with Gasteiger partial charge in [-0.2, -0.15) is 0 Å². The van der Waals surface area contributed by atoms with E-state index in [0.717, 1.165) is 13.1 Å². The lowest BCUT2D eigenvalue weighted by molar-refractivity contribution is 0.263. The van der Waals surface area contributed by atoms with Gasteiger partial charge in [0.25, 0.3) is 0 Å². The molecule has 0 aliphatic rings. The van der Waals surface area contributed by atoms with Crippen LogP contribution in [0.4, 0.5) is 0 Å². The lowest BCUT2D eigenvalue weighted by Gasteiger charge is -2.22.